The Morgan fingerprint density at radius 2 is 1.44 bits per heavy atom. The fourth-order valence-corrected chi connectivity index (χ4v) is 1.57. The van der Waals surface area contributed by atoms with Gasteiger partial charge in [-0.15, -0.1) is 0 Å². The van der Waals surface area contributed by atoms with Gasteiger partial charge < -0.3 is 4.74 Å². The van der Waals surface area contributed by atoms with Gasteiger partial charge in [0.2, 0.25) is 0 Å². The van der Waals surface area contributed by atoms with E-state index in [1.165, 1.54) is 0 Å². The fourth-order valence-electron chi connectivity index (χ4n) is 1.37. The lowest BCUT2D eigenvalue weighted by Gasteiger charge is -2.06. The molecule has 16 heavy (non-hydrogen) atoms. The zero-order valence-corrected chi connectivity index (χ0v) is 9.61. The summed E-state index contributed by atoms with van der Waals surface area (Å²) in [6.45, 7) is 0.448. The molecule has 1 nitrogen and oxygen atoms in total. The van der Waals surface area contributed by atoms with Crippen molar-refractivity contribution in [1.82, 2.24) is 0 Å². The van der Waals surface area contributed by atoms with E-state index in [2.05, 4.69) is 0 Å². The summed E-state index contributed by atoms with van der Waals surface area (Å²) in [5.74, 6) is 0.848. The van der Waals surface area contributed by atoms with Gasteiger partial charge in [0.1, 0.15) is 12.4 Å². The van der Waals surface area contributed by atoms with Crippen molar-refractivity contribution in [3.05, 3.63) is 66.2 Å². The van der Waals surface area contributed by atoms with Crippen LogP contribution in [-0.2, 0) is 0 Å². The van der Waals surface area contributed by atoms with Crippen LogP contribution >= 0.6 is 12.2 Å². The Hall–Kier alpha value is -1.67. The van der Waals surface area contributed by atoms with Gasteiger partial charge in [-0.2, -0.15) is 0 Å². The van der Waals surface area contributed by atoms with E-state index in [-0.39, 0.29) is 0 Å². The highest BCUT2D eigenvalue weighted by atomic mass is 32.1. The first kappa shape index (κ1) is 10.8. The van der Waals surface area contributed by atoms with E-state index in [9.17, 15) is 0 Å². The second-order valence-electron chi connectivity index (χ2n) is 3.39. The van der Waals surface area contributed by atoms with Crippen LogP contribution in [0.1, 0.15) is 5.56 Å². The number of benzene rings is 2. The Morgan fingerprint density at radius 3 is 2.06 bits per heavy atom. The molecule has 0 bridgehead atoms. The predicted octanol–water partition coefficient (Wildman–Crippen LogP) is 3.48. The molecule has 0 radical (unpaired) electrons. The van der Waals surface area contributed by atoms with E-state index in [0.29, 0.717) is 6.61 Å². The minimum Gasteiger partial charge on any atom is -0.488 e. The summed E-state index contributed by atoms with van der Waals surface area (Å²) in [7, 11) is 0. The maximum absolute atomic E-state index is 5.58. The lowest BCUT2D eigenvalue weighted by atomic mass is 10.2. The quantitative estimate of drug-likeness (QED) is 0.585. The zero-order chi connectivity index (χ0) is 11.2. The third kappa shape index (κ3) is 2.91. The molecule has 0 saturated heterocycles. The minimum absolute atomic E-state index is 0.448. The van der Waals surface area contributed by atoms with Crippen LogP contribution in [0.4, 0.5) is 0 Å². The van der Waals surface area contributed by atoms with Crippen molar-refractivity contribution in [2.45, 2.75) is 0 Å². The van der Waals surface area contributed by atoms with Crippen LogP contribution in [0.2, 0.25) is 0 Å². The monoisotopic (exact) mass is 228 g/mol. The molecule has 0 saturated carbocycles. The Labute approximate surface area is 101 Å². The highest BCUT2D eigenvalue weighted by molar-refractivity contribution is 7.80. The molecule has 0 aromatic heterocycles. The molecular weight excluding hydrogens is 216 g/mol. The molecule has 2 aromatic rings. The van der Waals surface area contributed by atoms with Gasteiger partial charge in [0.05, 0.1) is 4.86 Å². The molecule has 0 atom stereocenters. The van der Waals surface area contributed by atoms with Crippen molar-refractivity contribution in [1.29, 1.82) is 0 Å². The van der Waals surface area contributed by atoms with E-state index >= 15 is 0 Å². The van der Waals surface area contributed by atoms with Crippen LogP contribution in [0.25, 0.3) is 0 Å². The summed E-state index contributed by atoms with van der Waals surface area (Å²) in [6, 6.07) is 19.6. The maximum Gasteiger partial charge on any atom is 0.124 e. The topological polar surface area (TPSA) is 9.23 Å². The average molecular weight is 228 g/mol. The number of hydrogen-bond donors (Lipinski definition) is 0. The molecule has 0 N–H and O–H groups in total. The molecule has 0 unspecified atom stereocenters. The van der Waals surface area contributed by atoms with E-state index in [4.69, 9.17) is 17.0 Å². The van der Waals surface area contributed by atoms with Crippen molar-refractivity contribution < 1.29 is 4.74 Å². The van der Waals surface area contributed by atoms with Gasteiger partial charge in [-0.25, -0.2) is 0 Å². The number of rotatable bonds is 4. The zero-order valence-electron chi connectivity index (χ0n) is 8.80. The molecule has 0 spiro atoms. The SMILES string of the molecule is S=C(COc1ccccc1)c1ccccc1. The number of ether oxygens (including phenoxy) is 1. The lowest BCUT2D eigenvalue weighted by Crippen LogP contribution is -2.09. The molecular formula is C14H12OS. The average Bonchev–Trinajstić information content (AvgIpc) is 2.38. The van der Waals surface area contributed by atoms with Crippen LogP contribution in [0, 0.1) is 0 Å². The Morgan fingerprint density at radius 1 is 0.875 bits per heavy atom. The third-order valence-electron chi connectivity index (χ3n) is 2.21. The Balaban J connectivity index is 1.95. The third-order valence-corrected chi connectivity index (χ3v) is 2.56. The van der Waals surface area contributed by atoms with Gasteiger partial charge in [0.25, 0.3) is 0 Å². The minimum atomic E-state index is 0.448. The van der Waals surface area contributed by atoms with Crippen LogP contribution in [0.15, 0.2) is 60.7 Å². The Kier molecular flexibility index (Phi) is 3.67. The number of para-hydroxylation sites is 1. The van der Waals surface area contributed by atoms with Gasteiger partial charge in [-0.05, 0) is 17.7 Å². The van der Waals surface area contributed by atoms with Crippen molar-refractivity contribution in [3.8, 4) is 5.75 Å². The number of thiocarbonyl (C=S) groups is 1. The normalized spacial score (nSPS) is 9.75. The standard InChI is InChI=1S/C14H12OS/c16-14(12-7-3-1-4-8-12)11-15-13-9-5-2-6-10-13/h1-10H,11H2. The molecule has 2 aromatic carbocycles. The molecule has 0 aliphatic heterocycles. The highest BCUT2D eigenvalue weighted by Gasteiger charge is 2.00. The summed E-state index contributed by atoms with van der Waals surface area (Å²) in [6.07, 6.45) is 0. The van der Waals surface area contributed by atoms with Crippen molar-refractivity contribution in [2.75, 3.05) is 6.61 Å². The first-order valence-corrected chi connectivity index (χ1v) is 5.53. The summed E-state index contributed by atoms with van der Waals surface area (Å²) < 4.78 is 5.58. The number of hydrogen-bond acceptors (Lipinski definition) is 2. The fraction of sp³-hybridized carbons (Fsp3) is 0.0714. The summed E-state index contributed by atoms with van der Waals surface area (Å²) in [5, 5.41) is 0. The highest BCUT2D eigenvalue weighted by Crippen LogP contribution is 2.09. The first-order valence-electron chi connectivity index (χ1n) is 5.12. The van der Waals surface area contributed by atoms with Crippen molar-refractivity contribution in [2.24, 2.45) is 0 Å². The first-order chi connectivity index (χ1) is 7.86. The van der Waals surface area contributed by atoms with Gasteiger partial charge in [0.15, 0.2) is 0 Å². The van der Waals surface area contributed by atoms with Gasteiger partial charge in [0, 0.05) is 0 Å². The van der Waals surface area contributed by atoms with Crippen LogP contribution < -0.4 is 4.74 Å². The van der Waals surface area contributed by atoms with E-state index in [1.54, 1.807) is 0 Å². The molecule has 0 aliphatic carbocycles. The summed E-state index contributed by atoms with van der Waals surface area (Å²) in [4.78, 5) is 0.824. The summed E-state index contributed by atoms with van der Waals surface area (Å²) in [5.41, 5.74) is 1.05. The van der Waals surface area contributed by atoms with Gasteiger partial charge in [-0.3, -0.25) is 0 Å². The molecule has 80 valence electrons. The van der Waals surface area contributed by atoms with E-state index in [0.717, 1.165) is 16.2 Å². The van der Waals surface area contributed by atoms with Gasteiger partial charge >= 0.3 is 0 Å². The Bertz CT molecular complexity index is 451. The van der Waals surface area contributed by atoms with Crippen molar-refractivity contribution in [3.63, 3.8) is 0 Å². The van der Waals surface area contributed by atoms with Crippen LogP contribution in [0.5, 0.6) is 5.75 Å². The second-order valence-corrected chi connectivity index (χ2v) is 3.88. The largest absolute Gasteiger partial charge is 0.488 e. The summed E-state index contributed by atoms with van der Waals surface area (Å²) >= 11 is 5.29. The van der Waals surface area contributed by atoms with E-state index in [1.807, 2.05) is 60.7 Å². The van der Waals surface area contributed by atoms with Crippen LogP contribution in [0.3, 0.4) is 0 Å². The molecule has 0 amide bonds. The molecule has 0 fully saturated rings. The van der Waals surface area contributed by atoms with Crippen LogP contribution in [-0.4, -0.2) is 11.5 Å². The molecule has 0 aliphatic rings. The molecule has 2 rings (SSSR count). The molecule has 2 heteroatoms. The van der Waals surface area contributed by atoms with E-state index < -0.39 is 0 Å². The van der Waals surface area contributed by atoms with Crippen molar-refractivity contribution >= 4 is 17.1 Å². The smallest absolute Gasteiger partial charge is 0.124 e. The van der Waals surface area contributed by atoms with Gasteiger partial charge in [-0.1, -0.05) is 60.7 Å². The maximum atomic E-state index is 5.58. The predicted molar refractivity (Wildman–Crippen MR) is 70.1 cm³/mol. The molecule has 0 heterocycles. The lowest BCUT2D eigenvalue weighted by molar-refractivity contribution is 0.379. The second kappa shape index (κ2) is 5.42.